The lowest BCUT2D eigenvalue weighted by Crippen LogP contribution is -2.34. The van der Waals surface area contributed by atoms with Gasteiger partial charge in [-0.2, -0.15) is 10.1 Å². The molecule has 0 saturated heterocycles. The summed E-state index contributed by atoms with van der Waals surface area (Å²) in [7, 11) is -3.82. The van der Waals surface area contributed by atoms with Crippen LogP contribution in [0.3, 0.4) is 0 Å². The number of para-hydroxylation sites is 1. The van der Waals surface area contributed by atoms with Gasteiger partial charge in [0.15, 0.2) is 5.78 Å². The summed E-state index contributed by atoms with van der Waals surface area (Å²) in [6, 6.07) is 24.3. The molecule has 178 valence electrons. The molecular formula is C27H25N3O4S. The van der Waals surface area contributed by atoms with Crippen molar-refractivity contribution in [2.24, 2.45) is 22.4 Å². The molecule has 1 amide bonds. The number of hydrogen-bond donors (Lipinski definition) is 1. The van der Waals surface area contributed by atoms with Crippen LogP contribution in [0, 0.1) is 24.2 Å². The van der Waals surface area contributed by atoms with Crippen LogP contribution in [0.4, 0.5) is 5.69 Å². The molecule has 1 heterocycles. The van der Waals surface area contributed by atoms with Gasteiger partial charge < -0.3 is 0 Å². The molecule has 2 aliphatic rings. The molecule has 2 unspecified atom stereocenters. The number of nitrogens with zero attached hydrogens (tertiary/aromatic N) is 2. The van der Waals surface area contributed by atoms with Crippen LogP contribution in [0.1, 0.15) is 22.8 Å². The second-order valence-electron chi connectivity index (χ2n) is 8.99. The highest BCUT2D eigenvalue weighted by atomic mass is 32.2. The third-order valence-electron chi connectivity index (χ3n) is 6.93. The van der Waals surface area contributed by atoms with Crippen LogP contribution in [0.15, 0.2) is 94.9 Å². The van der Waals surface area contributed by atoms with Crippen molar-refractivity contribution in [2.75, 3.05) is 11.6 Å². The number of anilines is 1. The highest BCUT2D eigenvalue weighted by Gasteiger charge is 2.76. The highest BCUT2D eigenvalue weighted by molar-refractivity contribution is 7.89. The van der Waals surface area contributed by atoms with Gasteiger partial charge in [0, 0.05) is 23.9 Å². The van der Waals surface area contributed by atoms with Gasteiger partial charge in [0.25, 0.3) is 5.91 Å². The monoisotopic (exact) mass is 487 g/mol. The molecule has 0 aromatic heterocycles. The first kappa shape index (κ1) is 23.1. The first-order valence-corrected chi connectivity index (χ1v) is 12.9. The van der Waals surface area contributed by atoms with Crippen molar-refractivity contribution < 1.29 is 18.0 Å². The van der Waals surface area contributed by atoms with Crippen LogP contribution >= 0.6 is 0 Å². The van der Waals surface area contributed by atoms with Gasteiger partial charge in [-0.3, -0.25) is 9.59 Å². The SMILES string of the molecule is CC1=NN(c2ccccc2)C(=O)[C@]12C(CNS(=O)(=O)c1ccc(C)cc1)C2C(=O)c1ccccc1. The maximum atomic E-state index is 13.8. The van der Waals surface area contributed by atoms with Crippen molar-refractivity contribution in [2.45, 2.75) is 18.7 Å². The Labute approximate surface area is 204 Å². The fraction of sp³-hybridized carbons (Fsp3) is 0.222. The molecule has 7 nitrogen and oxygen atoms in total. The van der Waals surface area contributed by atoms with Crippen LogP contribution in [0.5, 0.6) is 0 Å². The average molecular weight is 488 g/mol. The fourth-order valence-corrected chi connectivity index (χ4v) is 6.11. The standard InChI is InChI=1S/C27H25N3O4S/c1-18-13-15-22(16-14-18)35(33,34)28-17-23-24(25(31)20-9-5-3-6-10-20)27(23)19(2)29-30(26(27)32)21-11-7-4-8-12-21/h3-16,23-24,28H,17H2,1-2H3/t23?,24?,27-/m0/s1. The molecule has 0 radical (unpaired) electrons. The Morgan fingerprint density at radius 3 is 2.17 bits per heavy atom. The number of nitrogens with one attached hydrogen (secondary N) is 1. The third-order valence-corrected chi connectivity index (χ3v) is 8.37. The van der Waals surface area contributed by atoms with Crippen molar-refractivity contribution in [1.29, 1.82) is 0 Å². The minimum absolute atomic E-state index is 0.0549. The number of ketones is 1. The second-order valence-corrected chi connectivity index (χ2v) is 10.8. The van der Waals surface area contributed by atoms with Crippen molar-refractivity contribution in [3.8, 4) is 0 Å². The van der Waals surface area contributed by atoms with E-state index in [4.69, 9.17) is 0 Å². The van der Waals surface area contributed by atoms with Gasteiger partial charge in [0.2, 0.25) is 10.0 Å². The quantitative estimate of drug-likeness (QED) is 0.513. The van der Waals surface area contributed by atoms with Crippen LogP contribution in [-0.2, 0) is 14.8 Å². The van der Waals surface area contributed by atoms with Crippen LogP contribution in [0.2, 0.25) is 0 Å². The third kappa shape index (κ3) is 3.79. The number of carbonyl (C=O) groups is 2. The molecule has 1 aliphatic carbocycles. The van der Waals surface area contributed by atoms with Crippen molar-refractivity contribution in [3.63, 3.8) is 0 Å². The van der Waals surface area contributed by atoms with Gasteiger partial charge in [0.05, 0.1) is 16.3 Å². The molecular weight excluding hydrogens is 462 g/mol. The molecule has 1 spiro atoms. The molecule has 1 N–H and O–H groups in total. The topological polar surface area (TPSA) is 95.9 Å². The van der Waals surface area contributed by atoms with Crippen molar-refractivity contribution in [3.05, 3.63) is 96.1 Å². The van der Waals surface area contributed by atoms with Crippen LogP contribution < -0.4 is 9.73 Å². The van der Waals surface area contributed by atoms with E-state index in [9.17, 15) is 18.0 Å². The summed E-state index contributed by atoms with van der Waals surface area (Å²) in [6.07, 6.45) is 0. The Hall–Kier alpha value is -3.62. The van der Waals surface area contributed by atoms with E-state index in [0.29, 0.717) is 17.0 Å². The number of hydrazone groups is 1. The average Bonchev–Trinajstić information content (AvgIpc) is 3.48. The Morgan fingerprint density at radius 2 is 1.54 bits per heavy atom. The van der Waals surface area contributed by atoms with Gasteiger partial charge in [-0.15, -0.1) is 0 Å². The van der Waals surface area contributed by atoms with Crippen LogP contribution in [0.25, 0.3) is 0 Å². The molecule has 1 fully saturated rings. The van der Waals surface area contributed by atoms with Gasteiger partial charge in [-0.05, 0) is 38.1 Å². The van der Waals surface area contributed by atoms with Gasteiger partial charge in [-0.1, -0.05) is 66.2 Å². The number of rotatable bonds is 7. The lowest BCUT2D eigenvalue weighted by Gasteiger charge is -2.15. The van der Waals surface area contributed by atoms with E-state index in [1.54, 1.807) is 55.5 Å². The number of hydrogen-bond acceptors (Lipinski definition) is 5. The van der Waals surface area contributed by atoms with Crippen LogP contribution in [-0.4, -0.2) is 32.4 Å². The lowest BCUT2D eigenvalue weighted by molar-refractivity contribution is -0.121. The molecule has 3 aromatic rings. The van der Waals surface area contributed by atoms with E-state index in [1.807, 2.05) is 31.2 Å². The summed E-state index contributed by atoms with van der Waals surface area (Å²) >= 11 is 0. The van der Waals surface area contributed by atoms with E-state index in [0.717, 1.165) is 5.56 Å². The zero-order valence-electron chi connectivity index (χ0n) is 19.4. The Kier molecular flexibility index (Phi) is 5.65. The second kappa shape index (κ2) is 8.55. The zero-order valence-corrected chi connectivity index (χ0v) is 20.2. The molecule has 1 saturated carbocycles. The van der Waals surface area contributed by atoms with Gasteiger partial charge >= 0.3 is 0 Å². The Balaban J connectivity index is 1.47. The first-order valence-electron chi connectivity index (χ1n) is 11.4. The number of amides is 1. The summed E-state index contributed by atoms with van der Waals surface area (Å²) in [5.74, 6) is -1.77. The summed E-state index contributed by atoms with van der Waals surface area (Å²) in [5, 5.41) is 5.84. The number of Topliss-reactive ketones (excluding diaryl/α,β-unsaturated/α-hetero) is 1. The normalized spacial score (nSPS) is 23.4. The van der Waals surface area contributed by atoms with E-state index in [2.05, 4.69) is 9.82 Å². The predicted octanol–water partition coefficient (Wildman–Crippen LogP) is 3.81. The number of benzene rings is 3. The molecule has 3 atom stereocenters. The molecule has 5 rings (SSSR count). The first-order chi connectivity index (χ1) is 16.8. The number of carbonyl (C=O) groups excluding carboxylic acids is 2. The maximum Gasteiger partial charge on any atom is 0.260 e. The minimum Gasteiger partial charge on any atom is -0.294 e. The maximum absolute atomic E-state index is 13.8. The molecule has 0 bridgehead atoms. The Bertz CT molecular complexity index is 1420. The number of aryl methyl sites for hydroxylation is 1. The van der Waals surface area contributed by atoms with Gasteiger partial charge in [0.1, 0.15) is 5.41 Å². The van der Waals surface area contributed by atoms with Crippen molar-refractivity contribution >= 4 is 33.1 Å². The van der Waals surface area contributed by atoms with Crippen molar-refractivity contribution in [1.82, 2.24) is 4.72 Å². The van der Waals surface area contributed by atoms with E-state index in [-0.39, 0.29) is 23.1 Å². The zero-order chi connectivity index (χ0) is 24.8. The van der Waals surface area contributed by atoms with E-state index < -0.39 is 27.3 Å². The Morgan fingerprint density at radius 1 is 0.943 bits per heavy atom. The molecule has 8 heteroatoms. The smallest absolute Gasteiger partial charge is 0.260 e. The predicted molar refractivity (Wildman–Crippen MR) is 134 cm³/mol. The fourth-order valence-electron chi connectivity index (χ4n) is 5.05. The van der Waals surface area contributed by atoms with E-state index >= 15 is 0 Å². The summed E-state index contributed by atoms with van der Waals surface area (Å²) in [5.41, 5.74) is 1.37. The molecule has 1 aliphatic heterocycles. The van der Waals surface area contributed by atoms with E-state index in [1.165, 1.54) is 17.1 Å². The highest BCUT2D eigenvalue weighted by Crippen LogP contribution is 2.64. The lowest BCUT2D eigenvalue weighted by atomic mass is 9.93. The molecule has 35 heavy (non-hydrogen) atoms. The summed E-state index contributed by atoms with van der Waals surface area (Å²) < 4.78 is 28.5. The minimum atomic E-state index is -3.82. The summed E-state index contributed by atoms with van der Waals surface area (Å²) in [4.78, 5) is 27.4. The largest absolute Gasteiger partial charge is 0.294 e. The molecule has 3 aromatic carbocycles. The summed E-state index contributed by atoms with van der Waals surface area (Å²) in [6.45, 7) is 3.56. The van der Waals surface area contributed by atoms with Gasteiger partial charge in [-0.25, -0.2) is 13.1 Å². The number of sulfonamides is 1.